The number of amides is 1. The summed E-state index contributed by atoms with van der Waals surface area (Å²) in [7, 11) is 0. The molecule has 26 heavy (non-hydrogen) atoms. The van der Waals surface area contributed by atoms with Crippen LogP contribution in [0, 0.1) is 5.92 Å². The monoisotopic (exact) mass is 355 g/mol. The molecule has 0 aliphatic heterocycles. The van der Waals surface area contributed by atoms with Gasteiger partial charge in [0.15, 0.2) is 11.6 Å². The lowest BCUT2D eigenvalue weighted by Crippen LogP contribution is -2.12. The highest BCUT2D eigenvalue weighted by Crippen LogP contribution is 2.26. The Hall–Kier alpha value is -2.76. The first kappa shape index (κ1) is 18.0. The molecule has 2 N–H and O–H groups in total. The maximum absolute atomic E-state index is 12.1. The van der Waals surface area contributed by atoms with Crippen molar-refractivity contribution in [3.05, 3.63) is 42.4 Å². The Kier molecular flexibility index (Phi) is 5.61. The van der Waals surface area contributed by atoms with Gasteiger partial charge in [-0.25, -0.2) is 0 Å². The molecule has 1 aromatic carbocycles. The number of ether oxygens (including phenoxy) is 1. The lowest BCUT2D eigenvalue weighted by Gasteiger charge is -2.15. The van der Waals surface area contributed by atoms with Gasteiger partial charge in [0.1, 0.15) is 5.75 Å². The molecule has 2 heterocycles. The Balaban J connectivity index is 1.64. The Morgan fingerprint density at radius 3 is 2.85 bits per heavy atom. The van der Waals surface area contributed by atoms with Crippen LogP contribution in [0.2, 0.25) is 0 Å². The van der Waals surface area contributed by atoms with Crippen LogP contribution in [-0.4, -0.2) is 22.2 Å². The minimum atomic E-state index is -0.331. The summed E-state index contributed by atoms with van der Waals surface area (Å²) in [5.41, 5.74) is 0.812. The molecule has 0 aliphatic carbocycles. The zero-order valence-electron chi connectivity index (χ0n) is 15.4. The Morgan fingerprint density at radius 2 is 2.12 bits per heavy atom. The number of anilines is 1. The smallest absolute Gasteiger partial charge is 0.292 e. The summed E-state index contributed by atoms with van der Waals surface area (Å²) in [6.45, 7) is 6.56. The van der Waals surface area contributed by atoms with E-state index in [1.54, 1.807) is 12.1 Å². The average molecular weight is 355 g/mol. The summed E-state index contributed by atoms with van der Waals surface area (Å²) in [6, 6.07) is 8.98. The number of nitrogens with zero attached hydrogens (tertiary/aromatic N) is 1. The van der Waals surface area contributed by atoms with Crippen LogP contribution >= 0.6 is 0 Å². The van der Waals surface area contributed by atoms with Gasteiger partial charge >= 0.3 is 0 Å². The van der Waals surface area contributed by atoms with Gasteiger partial charge < -0.3 is 14.5 Å². The number of H-pyrrole nitrogens is 1. The Morgan fingerprint density at radius 1 is 1.27 bits per heavy atom. The number of nitrogens with one attached hydrogen (secondary N) is 2. The van der Waals surface area contributed by atoms with E-state index in [0.29, 0.717) is 5.82 Å². The maximum atomic E-state index is 12.1. The molecular formula is C20H25N3O3. The normalized spacial score (nSPS) is 12.5. The van der Waals surface area contributed by atoms with Crippen LogP contribution in [0.1, 0.15) is 50.6 Å². The highest BCUT2D eigenvalue weighted by molar-refractivity contribution is 6.06. The molecule has 0 saturated carbocycles. The van der Waals surface area contributed by atoms with Crippen molar-refractivity contribution in [1.29, 1.82) is 0 Å². The summed E-state index contributed by atoms with van der Waals surface area (Å²) >= 11 is 0. The predicted molar refractivity (Wildman–Crippen MR) is 102 cm³/mol. The second kappa shape index (κ2) is 8.08. The number of rotatable bonds is 8. The molecule has 1 atom stereocenters. The molecule has 0 saturated heterocycles. The van der Waals surface area contributed by atoms with Crippen LogP contribution < -0.4 is 10.1 Å². The first-order chi connectivity index (χ1) is 12.5. The van der Waals surface area contributed by atoms with Gasteiger partial charge in [-0.15, -0.1) is 0 Å². The van der Waals surface area contributed by atoms with E-state index in [-0.39, 0.29) is 17.8 Å². The van der Waals surface area contributed by atoms with Gasteiger partial charge in [0.25, 0.3) is 5.91 Å². The first-order valence-corrected chi connectivity index (χ1v) is 9.02. The fourth-order valence-electron chi connectivity index (χ4n) is 2.85. The molecule has 6 heteroatoms. The van der Waals surface area contributed by atoms with Crippen LogP contribution in [0.25, 0.3) is 10.9 Å². The van der Waals surface area contributed by atoms with Crippen molar-refractivity contribution in [2.24, 2.45) is 5.92 Å². The van der Waals surface area contributed by atoms with Crippen molar-refractivity contribution in [2.75, 3.05) is 5.32 Å². The van der Waals surface area contributed by atoms with E-state index in [1.807, 2.05) is 18.2 Å². The van der Waals surface area contributed by atoms with Crippen molar-refractivity contribution in [2.45, 2.75) is 46.1 Å². The standard InChI is InChI=1S/C20H25N3O3/c1-13(2)6-4-7-14(3)26-15-9-10-16-17(12-15)22-23-19(16)21-20(24)18-8-5-11-25-18/h5,8-14H,4,6-7H2,1-3H3,(H2,21,22,23,24). The van der Waals surface area contributed by atoms with Crippen molar-refractivity contribution in [1.82, 2.24) is 10.2 Å². The number of furan rings is 1. The first-order valence-electron chi connectivity index (χ1n) is 9.02. The number of aromatic amines is 1. The molecule has 0 spiro atoms. The summed E-state index contributed by atoms with van der Waals surface area (Å²) < 4.78 is 11.1. The molecule has 0 fully saturated rings. The number of fused-ring (bicyclic) bond motifs is 1. The number of hydrogen-bond donors (Lipinski definition) is 2. The van der Waals surface area contributed by atoms with E-state index in [1.165, 1.54) is 12.7 Å². The van der Waals surface area contributed by atoms with Crippen molar-refractivity contribution in [3.63, 3.8) is 0 Å². The predicted octanol–water partition coefficient (Wildman–Crippen LogP) is 5.00. The van der Waals surface area contributed by atoms with Crippen LogP contribution in [0.5, 0.6) is 5.75 Å². The van der Waals surface area contributed by atoms with E-state index in [0.717, 1.165) is 35.4 Å². The molecule has 0 radical (unpaired) electrons. The van der Waals surface area contributed by atoms with Crippen LogP contribution in [0.4, 0.5) is 5.82 Å². The second-order valence-electron chi connectivity index (χ2n) is 6.96. The maximum Gasteiger partial charge on any atom is 0.292 e. The second-order valence-corrected chi connectivity index (χ2v) is 6.96. The third kappa shape index (κ3) is 4.45. The molecule has 0 bridgehead atoms. The van der Waals surface area contributed by atoms with Gasteiger partial charge in [0, 0.05) is 11.5 Å². The summed E-state index contributed by atoms with van der Waals surface area (Å²) in [6.07, 6.45) is 5.03. The largest absolute Gasteiger partial charge is 0.491 e. The van der Waals surface area contributed by atoms with Gasteiger partial charge in [-0.3, -0.25) is 9.89 Å². The molecule has 1 amide bonds. The Bertz CT molecular complexity index is 852. The van der Waals surface area contributed by atoms with E-state index < -0.39 is 0 Å². The van der Waals surface area contributed by atoms with Crippen molar-refractivity contribution >= 4 is 22.6 Å². The number of carbonyl (C=O) groups is 1. The summed E-state index contributed by atoms with van der Waals surface area (Å²) in [5, 5.41) is 10.7. The molecule has 1 unspecified atom stereocenters. The fraction of sp³-hybridized carbons (Fsp3) is 0.400. The zero-order valence-corrected chi connectivity index (χ0v) is 15.4. The van der Waals surface area contributed by atoms with E-state index in [4.69, 9.17) is 9.15 Å². The van der Waals surface area contributed by atoms with Crippen LogP contribution in [0.3, 0.4) is 0 Å². The van der Waals surface area contributed by atoms with Gasteiger partial charge in [-0.1, -0.05) is 20.3 Å². The van der Waals surface area contributed by atoms with Crippen molar-refractivity contribution in [3.8, 4) is 5.75 Å². The fourth-order valence-corrected chi connectivity index (χ4v) is 2.85. The lowest BCUT2D eigenvalue weighted by molar-refractivity contribution is 0.0996. The minimum absolute atomic E-state index is 0.159. The van der Waals surface area contributed by atoms with Crippen LogP contribution in [-0.2, 0) is 0 Å². The average Bonchev–Trinajstić information content (AvgIpc) is 3.24. The molecule has 6 nitrogen and oxygen atoms in total. The van der Waals surface area contributed by atoms with Crippen LogP contribution in [0.15, 0.2) is 41.0 Å². The van der Waals surface area contributed by atoms with Gasteiger partial charge in [0.05, 0.1) is 17.9 Å². The third-order valence-electron chi connectivity index (χ3n) is 4.24. The Labute approximate surface area is 152 Å². The molecule has 3 rings (SSSR count). The number of hydrogen-bond acceptors (Lipinski definition) is 4. The van der Waals surface area contributed by atoms with Gasteiger partial charge in [-0.2, -0.15) is 5.10 Å². The molecule has 2 aromatic heterocycles. The van der Waals surface area contributed by atoms with E-state index in [2.05, 4.69) is 36.3 Å². The number of carbonyl (C=O) groups excluding carboxylic acids is 1. The molecule has 138 valence electrons. The highest BCUT2D eigenvalue weighted by atomic mass is 16.5. The SMILES string of the molecule is CC(C)CCCC(C)Oc1ccc2c(NC(=O)c3ccco3)n[nH]c2c1. The third-order valence-corrected chi connectivity index (χ3v) is 4.24. The highest BCUT2D eigenvalue weighted by Gasteiger charge is 2.14. The van der Waals surface area contributed by atoms with Crippen molar-refractivity contribution < 1.29 is 13.9 Å². The molecule has 3 aromatic rings. The minimum Gasteiger partial charge on any atom is -0.491 e. The molecular weight excluding hydrogens is 330 g/mol. The molecule has 0 aliphatic rings. The topological polar surface area (TPSA) is 80.2 Å². The van der Waals surface area contributed by atoms with E-state index in [9.17, 15) is 4.79 Å². The lowest BCUT2D eigenvalue weighted by atomic mass is 10.0. The summed E-state index contributed by atoms with van der Waals surface area (Å²) in [5.74, 6) is 1.90. The zero-order chi connectivity index (χ0) is 18.5. The quantitative estimate of drug-likeness (QED) is 0.596. The van der Waals surface area contributed by atoms with Gasteiger partial charge in [-0.05, 0) is 49.9 Å². The van der Waals surface area contributed by atoms with Gasteiger partial charge in [0.2, 0.25) is 0 Å². The summed E-state index contributed by atoms with van der Waals surface area (Å²) in [4.78, 5) is 12.1. The number of benzene rings is 1. The van der Waals surface area contributed by atoms with E-state index >= 15 is 0 Å². The number of aromatic nitrogens is 2.